The molecule has 3 heterocycles. The van der Waals surface area contributed by atoms with Crippen molar-refractivity contribution in [3.05, 3.63) is 47.2 Å². The maximum Gasteiger partial charge on any atom is 0.254 e. The van der Waals surface area contributed by atoms with Crippen molar-refractivity contribution in [2.45, 2.75) is 18.5 Å². The summed E-state index contributed by atoms with van der Waals surface area (Å²) in [7, 11) is 1.91. The lowest BCUT2D eigenvalue weighted by Gasteiger charge is -2.31. The van der Waals surface area contributed by atoms with Gasteiger partial charge in [-0.15, -0.1) is 0 Å². The average Bonchev–Trinajstić information content (AvgIpc) is 3.12. The number of nitrogens with two attached hydrogens (primary N) is 1. The van der Waals surface area contributed by atoms with Gasteiger partial charge in [-0.2, -0.15) is 5.10 Å². The first kappa shape index (κ1) is 18.7. The third-order valence-corrected chi connectivity index (χ3v) is 5.18. The Morgan fingerprint density at radius 2 is 2.25 bits per heavy atom. The number of hydrogen-bond acceptors (Lipinski definition) is 6. The molecule has 0 bridgehead atoms. The summed E-state index contributed by atoms with van der Waals surface area (Å²) < 4.78 is 7.34. The van der Waals surface area contributed by atoms with Crippen molar-refractivity contribution in [1.29, 1.82) is 0 Å². The summed E-state index contributed by atoms with van der Waals surface area (Å²) in [5.74, 6) is -0.157. The lowest BCUT2D eigenvalue weighted by molar-refractivity contribution is 0.0347. The number of hydrogen-bond donors (Lipinski definition) is 3. The SMILES string of the molecule is CN[C@@H]1CCOC[C@H]1n1cc(C(N)=O)c(Nc2cnc3cc(Cl)ccc3c2)n1. The molecule has 2 aromatic heterocycles. The summed E-state index contributed by atoms with van der Waals surface area (Å²) in [5, 5.41) is 12.6. The van der Waals surface area contributed by atoms with Gasteiger partial charge in [-0.3, -0.25) is 14.5 Å². The molecule has 28 heavy (non-hydrogen) atoms. The van der Waals surface area contributed by atoms with E-state index in [1.54, 1.807) is 29.2 Å². The molecule has 1 aromatic carbocycles. The van der Waals surface area contributed by atoms with E-state index in [4.69, 9.17) is 22.1 Å². The van der Waals surface area contributed by atoms with Crippen LogP contribution in [0, 0.1) is 0 Å². The Hall–Kier alpha value is -2.68. The number of benzene rings is 1. The molecule has 1 fully saturated rings. The van der Waals surface area contributed by atoms with Crippen molar-refractivity contribution < 1.29 is 9.53 Å². The van der Waals surface area contributed by atoms with E-state index in [0.717, 1.165) is 17.3 Å². The highest BCUT2D eigenvalue weighted by Gasteiger charge is 2.28. The third kappa shape index (κ3) is 3.66. The number of pyridine rings is 1. The molecule has 1 aliphatic rings. The second kappa shape index (κ2) is 7.75. The predicted octanol–water partition coefficient (Wildman–Crippen LogP) is 2.48. The van der Waals surface area contributed by atoms with Crippen LogP contribution in [0.25, 0.3) is 10.9 Å². The van der Waals surface area contributed by atoms with Crippen LogP contribution >= 0.6 is 11.6 Å². The van der Waals surface area contributed by atoms with Gasteiger partial charge in [0.25, 0.3) is 5.91 Å². The van der Waals surface area contributed by atoms with E-state index in [-0.39, 0.29) is 12.1 Å². The average molecular weight is 401 g/mol. The maximum absolute atomic E-state index is 12.0. The van der Waals surface area contributed by atoms with Gasteiger partial charge in [-0.05, 0) is 31.7 Å². The number of ether oxygens (including phenoxy) is 1. The zero-order valence-electron chi connectivity index (χ0n) is 15.4. The van der Waals surface area contributed by atoms with E-state index in [9.17, 15) is 4.79 Å². The van der Waals surface area contributed by atoms with E-state index >= 15 is 0 Å². The fourth-order valence-electron chi connectivity index (χ4n) is 3.45. The van der Waals surface area contributed by atoms with Crippen molar-refractivity contribution >= 4 is 39.9 Å². The van der Waals surface area contributed by atoms with Crippen LogP contribution < -0.4 is 16.4 Å². The van der Waals surface area contributed by atoms with Crippen molar-refractivity contribution in [2.24, 2.45) is 5.73 Å². The highest BCUT2D eigenvalue weighted by Crippen LogP contribution is 2.26. The predicted molar refractivity (Wildman–Crippen MR) is 108 cm³/mol. The first-order valence-electron chi connectivity index (χ1n) is 9.01. The Balaban J connectivity index is 1.66. The summed E-state index contributed by atoms with van der Waals surface area (Å²) in [6.45, 7) is 1.22. The minimum Gasteiger partial charge on any atom is -0.379 e. The van der Waals surface area contributed by atoms with Gasteiger partial charge in [0, 0.05) is 29.3 Å². The van der Waals surface area contributed by atoms with E-state index in [1.807, 2.05) is 19.2 Å². The van der Waals surface area contributed by atoms with Crippen LogP contribution in [0.15, 0.2) is 36.7 Å². The Labute approximate surface area is 167 Å². The Bertz CT molecular complexity index is 1020. The van der Waals surface area contributed by atoms with Crippen molar-refractivity contribution in [2.75, 3.05) is 25.6 Å². The molecule has 4 N–H and O–H groups in total. The molecule has 4 rings (SSSR count). The zero-order valence-corrected chi connectivity index (χ0v) is 16.1. The van der Waals surface area contributed by atoms with Crippen LogP contribution in [-0.4, -0.2) is 47.0 Å². The van der Waals surface area contributed by atoms with E-state index in [2.05, 4.69) is 20.7 Å². The van der Waals surface area contributed by atoms with Crippen LogP contribution in [0.1, 0.15) is 22.8 Å². The minimum absolute atomic E-state index is 0.0238. The first-order chi connectivity index (χ1) is 13.5. The fraction of sp³-hybridized carbons (Fsp3) is 0.316. The molecule has 9 heteroatoms. The van der Waals surface area contributed by atoms with Crippen LogP contribution in [0.5, 0.6) is 0 Å². The number of fused-ring (bicyclic) bond motifs is 1. The molecule has 1 aliphatic heterocycles. The van der Waals surface area contributed by atoms with Gasteiger partial charge in [-0.1, -0.05) is 17.7 Å². The normalized spacial score (nSPS) is 19.6. The summed E-state index contributed by atoms with van der Waals surface area (Å²) >= 11 is 6.01. The fourth-order valence-corrected chi connectivity index (χ4v) is 3.62. The molecule has 0 aliphatic carbocycles. The van der Waals surface area contributed by atoms with Gasteiger partial charge in [0.1, 0.15) is 5.56 Å². The number of likely N-dealkylation sites (N-methyl/N-ethyl adjacent to an activating group) is 1. The Morgan fingerprint density at radius 3 is 3.04 bits per heavy atom. The van der Waals surface area contributed by atoms with Crippen LogP contribution in [0.2, 0.25) is 5.02 Å². The molecular weight excluding hydrogens is 380 g/mol. The summed E-state index contributed by atoms with van der Waals surface area (Å²) in [4.78, 5) is 16.4. The van der Waals surface area contributed by atoms with Gasteiger partial charge >= 0.3 is 0 Å². The van der Waals surface area contributed by atoms with Crippen LogP contribution in [-0.2, 0) is 4.74 Å². The van der Waals surface area contributed by atoms with Crippen LogP contribution in [0.3, 0.4) is 0 Å². The number of nitrogens with one attached hydrogen (secondary N) is 2. The Morgan fingerprint density at radius 1 is 1.39 bits per heavy atom. The topological polar surface area (TPSA) is 107 Å². The third-order valence-electron chi connectivity index (χ3n) is 4.94. The first-order valence-corrected chi connectivity index (χ1v) is 9.39. The van der Waals surface area contributed by atoms with Gasteiger partial charge in [0.2, 0.25) is 0 Å². The smallest absolute Gasteiger partial charge is 0.254 e. The number of primary amides is 1. The summed E-state index contributed by atoms with van der Waals surface area (Å²) in [6.07, 6.45) is 4.21. The molecule has 1 amide bonds. The number of amides is 1. The molecule has 0 saturated carbocycles. The standard InChI is InChI=1S/C19H21ClN6O2/c1-22-15-4-5-28-10-17(15)26-9-14(18(21)27)19(25-26)24-13-6-11-2-3-12(20)7-16(11)23-8-13/h2-3,6-9,15,17,22H,4-5,10H2,1H3,(H2,21,27)(H,24,25)/t15-,17-/m1/s1. The van der Waals surface area contributed by atoms with Crippen molar-refractivity contribution in [3.8, 4) is 0 Å². The van der Waals surface area contributed by atoms with Gasteiger partial charge < -0.3 is 21.1 Å². The van der Waals surface area contributed by atoms with E-state index in [0.29, 0.717) is 35.3 Å². The van der Waals surface area contributed by atoms with E-state index in [1.165, 1.54) is 0 Å². The minimum atomic E-state index is -0.549. The van der Waals surface area contributed by atoms with Crippen LogP contribution in [0.4, 0.5) is 11.5 Å². The van der Waals surface area contributed by atoms with E-state index < -0.39 is 5.91 Å². The highest BCUT2D eigenvalue weighted by atomic mass is 35.5. The molecule has 2 atom stereocenters. The molecule has 146 valence electrons. The monoisotopic (exact) mass is 400 g/mol. The summed E-state index contributed by atoms with van der Waals surface area (Å²) in [5.41, 5.74) is 7.38. The second-order valence-electron chi connectivity index (χ2n) is 6.75. The quantitative estimate of drug-likeness (QED) is 0.607. The number of rotatable bonds is 5. The zero-order chi connectivity index (χ0) is 19.7. The molecule has 0 spiro atoms. The number of carbonyl (C=O) groups excluding carboxylic acids is 1. The van der Waals surface area contributed by atoms with Gasteiger partial charge in [0.05, 0.1) is 30.0 Å². The lowest BCUT2D eigenvalue weighted by atomic mass is 10.0. The Kier molecular flexibility index (Phi) is 5.17. The molecule has 0 unspecified atom stereocenters. The van der Waals surface area contributed by atoms with Crippen molar-refractivity contribution in [3.63, 3.8) is 0 Å². The molecule has 3 aromatic rings. The van der Waals surface area contributed by atoms with Crippen molar-refractivity contribution in [1.82, 2.24) is 20.1 Å². The second-order valence-corrected chi connectivity index (χ2v) is 7.18. The maximum atomic E-state index is 12.0. The number of halogens is 1. The molecule has 8 nitrogen and oxygen atoms in total. The number of nitrogens with zero attached hydrogens (tertiary/aromatic N) is 3. The molecule has 1 saturated heterocycles. The number of carbonyl (C=O) groups is 1. The molecular formula is C19H21ClN6O2. The number of anilines is 2. The van der Waals surface area contributed by atoms with Gasteiger partial charge in [-0.25, -0.2) is 0 Å². The highest BCUT2D eigenvalue weighted by molar-refractivity contribution is 6.31. The molecule has 0 radical (unpaired) electrons. The van der Waals surface area contributed by atoms with Gasteiger partial charge in [0.15, 0.2) is 5.82 Å². The summed E-state index contributed by atoms with van der Waals surface area (Å²) in [6, 6.07) is 7.59. The number of aromatic nitrogens is 3. The lowest BCUT2D eigenvalue weighted by Crippen LogP contribution is -2.42. The largest absolute Gasteiger partial charge is 0.379 e.